The molecule has 13 nitrogen and oxygen atoms in total. The number of rotatable bonds is 12. The van der Waals surface area contributed by atoms with Gasteiger partial charge in [-0.25, -0.2) is 9.78 Å². The van der Waals surface area contributed by atoms with Crippen molar-refractivity contribution in [2.45, 2.75) is 70.1 Å². The fraction of sp³-hybridized carbons (Fsp3) is 0.619. The first-order valence-electron chi connectivity index (χ1n) is 11.2. The number of nitrogens with one attached hydrogen (secondary N) is 3. The molecule has 4 amide bonds. The van der Waals surface area contributed by atoms with Gasteiger partial charge in [0.2, 0.25) is 23.6 Å². The third-order valence-electron chi connectivity index (χ3n) is 5.70. The van der Waals surface area contributed by atoms with Gasteiger partial charge in [-0.05, 0) is 25.2 Å². The van der Waals surface area contributed by atoms with Crippen LogP contribution in [0.25, 0.3) is 0 Å². The predicted octanol–water partition coefficient (Wildman–Crippen LogP) is -1.75. The molecule has 8 N–H and O–H groups in total. The van der Waals surface area contributed by atoms with E-state index in [1.165, 1.54) is 17.4 Å². The van der Waals surface area contributed by atoms with Gasteiger partial charge in [0.05, 0.1) is 12.4 Å². The first-order chi connectivity index (χ1) is 16.0. The fourth-order valence-corrected chi connectivity index (χ4v) is 3.79. The quantitative estimate of drug-likeness (QED) is 0.202. The number of H-pyrrole nitrogens is 1. The molecule has 0 radical (unpaired) electrons. The number of hydrogen-bond acceptors (Lipinski definition) is 7. The molecule has 34 heavy (non-hydrogen) atoms. The summed E-state index contributed by atoms with van der Waals surface area (Å²) in [7, 11) is 0. The lowest BCUT2D eigenvalue weighted by Gasteiger charge is -2.29. The number of aromatic nitrogens is 2. The largest absolute Gasteiger partial charge is 0.480 e. The van der Waals surface area contributed by atoms with Crippen LogP contribution >= 0.6 is 0 Å². The Hall–Kier alpha value is -3.48. The molecular weight excluding hydrogens is 446 g/mol. The predicted molar refractivity (Wildman–Crippen MR) is 120 cm³/mol. The number of aromatic amines is 1. The molecule has 1 fully saturated rings. The van der Waals surface area contributed by atoms with E-state index in [0.717, 1.165) is 0 Å². The van der Waals surface area contributed by atoms with E-state index < -0.39 is 53.8 Å². The van der Waals surface area contributed by atoms with Gasteiger partial charge in [-0.2, -0.15) is 0 Å². The van der Waals surface area contributed by atoms with Crippen molar-refractivity contribution in [3.63, 3.8) is 0 Å². The Balaban J connectivity index is 2.16. The van der Waals surface area contributed by atoms with Crippen LogP contribution < -0.4 is 22.1 Å². The van der Waals surface area contributed by atoms with Crippen LogP contribution in [0.15, 0.2) is 12.5 Å². The van der Waals surface area contributed by atoms with E-state index in [1.54, 1.807) is 13.8 Å². The summed E-state index contributed by atoms with van der Waals surface area (Å²) in [5.41, 5.74) is 11.5. The summed E-state index contributed by atoms with van der Waals surface area (Å²) in [4.78, 5) is 69.4. The fourth-order valence-electron chi connectivity index (χ4n) is 3.79. The van der Waals surface area contributed by atoms with Crippen molar-refractivity contribution in [1.29, 1.82) is 0 Å². The third kappa shape index (κ3) is 7.27. The number of nitrogens with two attached hydrogens (primary N) is 2. The molecule has 1 aromatic rings. The second kappa shape index (κ2) is 12.1. The van der Waals surface area contributed by atoms with E-state index in [2.05, 4.69) is 20.6 Å². The van der Waals surface area contributed by atoms with Crippen molar-refractivity contribution >= 4 is 29.6 Å². The maximum atomic E-state index is 13.3. The Morgan fingerprint density at radius 1 is 1.24 bits per heavy atom. The smallest absolute Gasteiger partial charge is 0.326 e. The van der Waals surface area contributed by atoms with E-state index in [-0.39, 0.29) is 31.7 Å². The van der Waals surface area contributed by atoms with Crippen LogP contribution in [0.3, 0.4) is 0 Å². The molecule has 1 saturated heterocycles. The van der Waals surface area contributed by atoms with Gasteiger partial charge in [0.25, 0.3) is 0 Å². The standard InChI is InChI=1S/C21H33N7O6/c1-11(2)17(27-18(30)13(22)5-6-16(23)29)19(31)26-14(8-12-9-24-10-25-12)20(32)28-7-3-4-15(28)21(33)34/h9-11,13-15,17H,3-8,22H2,1-2H3,(H2,23,29)(H,24,25)(H,26,31)(H,27,30)(H,33,34). The van der Waals surface area contributed by atoms with Gasteiger partial charge >= 0.3 is 5.97 Å². The molecule has 1 aliphatic rings. The molecular formula is C21H33N7O6. The van der Waals surface area contributed by atoms with Crippen LogP contribution in [0.1, 0.15) is 45.2 Å². The molecule has 2 heterocycles. The van der Waals surface area contributed by atoms with Crippen molar-refractivity contribution in [3.8, 4) is 0 Å². The highest BCUT2D eigenvalue weighted by atomic mass is 16.4. The Morgan fingerprint density at radius 2 is 1.94 bits per heavy atom. The number of likely N-dealkylation sites (tertiary alicyclic amines) is 1. The van der Waals surface area contributed by atoms with Crippen molar-refractivity contribution < 1.29 is 29.1 Å². The number of aliphatic carboxylic acids is 1. The topological polar surface area (TPSA) is 214 Å². The number of carbonyl (C=O) groups is 5. The highest BCUT2D eigenvalue weighted by Gasteiger charge is 2.39. The Bertz CT molecular complexity index is 888. The molecule has 0 bridgehead atoms. The average Bonchev–Trinajstić information content (AvgIpc) is 3.46. The Kier molecular flexibility index (Phi) is 9.54. The van der Waals surface area contributed by atoms with Gasteiger partial charge in [0.1, 0.15) is 18.1 Å². The van der Waals surface area contributed by atoms with Gasteiger partial charge in [-0.3, -0.25) is 19.2 Å². The third-order valence-corrected chi connectivity index (χ3v) is 5.70. The summed E-state index contributed by atoms with van der Waals surface area (Å²) in [6.07, 6.45) is 3.82. The van der Waals surface area contributed by atoms with E-state index in [4.69, 9.17) is 11.5 Å². The molecule has 1 aliphatic heterocycles. The highest BCUT2D eigenvalue weighted by Crippen LogP contribution is 2.19. The number of carboxylic acid groups (broad SMARTS) is 1. The average molecular weight is 480 g/mol. The summed E-state index contributed by atoms with van der Waals surface area (Å²) >= 11 is 0. The lowest BCUT2D eigenvalue weighted by atomic mass is 10.0. The monoisotopic (exact) mass is 479 g/mol. The number of imidazole rings is 1. The lowest BCUT2D eigenvalue weighted by molar-refractivity contribution is -0.149. The van der Waals surface area contributed by atoms with Gasteiger partial charge in [0.15, 0.2) is 0 Å². The Morgan fingerprint density at radius 3 is 2.50 bits per heavy atom. The molecule has 1 aromatic heterocycles. The van der Waals surface area contributed by atoms with Crippen LogP contribution in [0, 0.1) is 5.92 Å². The summed E-state index contributed by atoms with van der Waals surface area (Å²) < 4.78 is 0. The molecule has 0 saturated carbocycles. The first kappa shape index (κ1) is 26.8. The zero-order valence-corrected chi connectivity index (χ0v) is 19.3. The minimum absolute atomic E-state index is 0.0279. The summed E-state index contributed by atoms with van der Waals surface area (Å²) in [6, 6.07) is -4.09. The van der Waals surface area contributed by atoms with Crippen molar-refractivity contribution in [3.05, 3.63) is 18.2 Å². The van der Waals surface area contributed by atoms with Crippen LogP contribution in [0.2, 0.25) is 0 Å². The maximum absolute atomic E-state index is 13.3. The van der Waals surface area contributed by atoms with Crippen LogP contribution in [0.5, 0.6) is 0 Å². The number of primary amides is 1. The normalized spacial score (nSPS) is 18.2. The van der Waals surface area contributed by atoms with Crippen LogP contribution in [-0.2, 0) is 30.4 Å². The number of carboxylic acids is 1. The zero-order chi connectivity index (χ0) is 25.4. The minimum Gasteiger partial charge on any atom is -0.480 e. The van der Waals surface area contributed by atoms with Crippen molar-refractivity contribution in [2.75, 3.05) is 6.54 Å². The SMILES string of the molecule is CC(C)C(NC(=O)C(N)CCC(N)=O)C(=O)NC(Cc1cnc[nH]1)C(=O)N1CCCC1C(=O)O. The molecule has 0 aliphatic carbocycles. The molecule has 2 rings (SSSR count). The van der Waals surface area contributed by atoms with Crippen LogP contribution in [-0.4, -0.2) is 80.3 Å². The summed E-state index contributed by atoms with van der Waals surface area (Å²) in [5, 5.41) is 14.7. The summed E-state index contributed by atoms with van der Waals surface area (Å²) in [6.45, 7) is 3.70. The first-order valence-corrected chi connectivity index (χ1v) is 11.2. The van der Waals surface area contributed by atoms with Crippen LogP contribution in [0.4, 0.5) is 0 Å². The second-order valence-corrected chi connectivity index (χ2v) is 8.71. The molecule has 4 atom stereocenters. The zero-order valence-electron chi connectivity index (χ0n) is 19.3. The number of carbonyl (C=O) groups excluding carboxylic acids is 4. The van der Waals surface area contributed by atoms with Gasteiger partial charge in [0, 0.05) is 31.3 Å². The van der Waals surface area contributed by atoms with Gasteiger partial charge in [-0.15, -0.1) is 0 Å². The van der Waals surface area contributed by atoms with Gasteiger partial charge < -0.3 is 37.1 Å². The molecule has 13 heteroatoms. The molecule has 4 unspecified atom stereocenters. The summed E-state index contributed by atoms with van der Waals surface area (Å²) in [5.74, 6) is -3.82. The van der Waals surface area contributed by atoms with Crippen molar-refractivity contribution in [2.24, 2.45) is 17.4 Å². The minimum atomic E-state index is -1.10. The second-order valence-electron chi connectivity index (χ2n) is 8.71. The highest BCUT2D eigenvalue weighted by molar-refractivity contribution is 5.94. The molecule has 0 aromatic carbocycles. The van der Waals surface area contributed by atoms with E-state index in [9.17, 15) is 29.1 Å². The number of hydrogen-bond donors (Lipinski definition) is 6. The van der Waals surface area contributed by atoms with Gasteiger partial charge in [-0.1, -0.05) is 13.8 Å². The number of nitrogens with zero attached hydrogens (tertiary/aromatic N) is 2. The van der Waals surface area contributed by atoms with Crippen molar-refractivity contribution in [1.82, 2.24) is 25.5 Å². The van der Waals surface area contributed by atoms with E-state index in [1.807, 2.05) is 0 Å². The maximum Gasteiger partial charge on any atom is 0.326 e. The molecule has 0 spiro atoms. The molecule has 188 valence electrons. The lowest BCUT2D eigenvalue weighted by Crippen LogP contribution is -2.59. The van der Waals surface area contributed by atoms with E-state index in [0.29, 0.717) is 18.5 Å². The van der Waals surface area contributed by atoms with E-state index >= 15 is 0 Å². The number of amides is 4. The Labute approximate surface area is 197 Å².